The first kappa shape index (κ1) is 12.4. The van der Waals surface area contributed by atoms with E-state index in [0.29, 0.717) is 0 Å². The highest BCUT2D eigenvalue weighted by Gasteiger charge is 2.19. The number of hydrogen-bond acceptors (Lipinski definition) is 0. The second-order valence-electron chi connectivity index (χ2n) is 5.17. The van der Waals surface area contributed by atoms with E-state index in [9.17, 15) is 0 Å². The average molecular weight is 228 g/mol. The van der Waals surface area contributed by atoms with Gasteiger partial charge in [-0.15, -0.1) is 0 Å². The van der Waals surface area contributed by atoms with Crippen LogP contribution in [0.25, 0.3) is 0 Å². The number of rotatable bonds is 3. The van der Waals surface area contributed by atoms with Crippen LogP contribution in [0, 0.1) is 0 Å². The largest absolute Gasteiger partial charge is 0.0885 e. The van der Waals surface area contributed by atoms with Crippen LogP contribution in [0.15, 0.2) is 35.9 Å². The summed E-state index contributed by atoms with van der Waals surface area (Å²) in [5.74, 6) is 0.807. The summed E-state index contributed by atoms with van der Waals surface area (Å²) in [4.78, 5) is 0. The molecule has 92 valence electrons. The van der Waals surface area contributed by atoms with Crippen molar-refractivity contribution in [1.82, 2.24) is 0 Å². The summed E-state index contributed by atoms with van der Waals surface area (Å²) in [6.45, 7) is 4.45. The van der Waals surface area contributed by atoms with E-state index in [1.165, 1.54) is 38.5 Å². The molecule has 0 atom stereocenters. The van der Waals surface area contributed by atoms with Crippen molar-refractivity contribution in [2.24, 2.45) is 0 Å². The Bertz CT molecular complexity index is 377. The third-order valence-corrected chi connectivity index (χ3v) is 4.05. The zero-order valence-electron chi connectivity index (χ0n) is 11.2. The third kappa shape index (κ3) is 3.00. The molecule has 1 fully saturated rings. The van der Waals surface area contributed by atoms with Crippen molar-refractivity contribution in [3.05, 3.63) is 47.0 Å². The zero-order valence-corrected chi connectivity index (χ0v) is 11.2. The topological polar surface area (TPSA) is 0 Å². The molecule has 1 saturated carbocycles. The number of hydrogen-bond donors (Lipinski definition) is 0. The number of allylic oxidation sites excluding steroid dienone is 2. The van der Waals surface area contributed by atoms with Crippen molar-refractivity contribution in [3.8, 4) is 0 Å². The van der Waals surface area contributed by atoms with Crippen LogP contribution in [-0.2, 0) is 6.42 Å². The van der Waals surface area contributed by atoms with Crippen LogP contribution in [0.1, 0.15) is 63.0 Å². The van der Waals surface area contributed by atoms with E-state index < -0.39 is 0 Å². The van der Waals surface area contributed by atoms with Gasteiger partial charge < -0.3 is 0 Å². The molecule has 1 aliphatic rings. The molecule has 0 heteroatoms. The van der Waals surface area contributed by atoms with Crippen LogP contribution in [0.3, 0.4) is 0 Å². The Morgan fingerprint density at radius 1 is 1.18 bits per heavy atom. The van der Waals surface area contributed by atoms with Gasteiger partial charge >= 0.3 is 0 Å². The predicted molar refractivity (Wildman–Crippen MR) is 75.4 cm³/mol. The van der Waals surface area contributed by atoms with Crippen molar-refractivity contribution < 1.29 is 0 Å². The van der Waals surface area contributed by atoms with E-state index in [-0.39, 0.29) is 0 Å². The van der Waals surface area contributed by atoms with Crippen molar-refractivity contribution in [3.63, 3.8) is 0 Å². The summed E-state index contributed by atoms with van der Waals surface area (Å²) < 4.78 is 0. The molecule has 17 heavy (non-hydrogen) atoms. The van der Waals surface area contributed by atoms with Gasteiger partial charge in [-0.2, -0.15) is 0 Å². The number of aryl methyl sites for hydroxylation is 1. The quantitative estimate of drug-likeness (QED) is 0.620. The van der Waals surface area contributed by atoms with Crippen LogP contribution < -0.4 is 0 Å². The fourth-order valence-electron chi connectivity index (χ4n) is 3.02. The van der Waals surface area contributed by atoms with Gasteiger partial charge in [-0.3, -0.25) is 0 Å². The van der Waals surface area contributed by atoms with Crippen molar-refractivity contribution in [2.45, 2.75) is 58.3 Å². The third-order valence-electron chi connectivity index (χ3n) is 4.05. The van der Waals surface area contributed by atoms with Gasteiger partial charge in [0.2, 0.25) is 0 Å². The molecule has 0 radical (unpaired) electrons. The molecule has 1 aromatic rings. The molecule has 0 N–H and O–H groups in total. The van der Waals surface area contributed by atoms with Crippen LogP contribution in [-0.4, -0.2) is 0 Å². The predicted octanol–water partition coefficient (Wildman–Crippen LogP) is 5.24. The Balaban J connectivity index is 2.12. The lowest BCUT2D eigenvalue weighted by molar-refractivity contribution is 0.512. The van der Waals surface area contributed by atoms with Gasteiger partial charge in [0.1, 0.15) is 0 Å². The van der Waals surface area contributed by atoms with Gasteiger partial charge in [-0.05, 0) is 56.1 Å². The zero-order chi connectivity index (χ0) is 12.1. The lowest BCUT2D eigenvalue weighted by Gasteiger charge is -2.26. The second-order valence-corrected chi connectivity index (χ2v) is 5.17. The lowest BCUT2D eigenvalue weighted by Crippen LogP contribution is -2.08. The maximum atomic E-state index is 2.36. The minimum Gasteiger partial charge on any atom is -0.0885 e. The molecule has 0 unspecified atom stereocenters. The van der Waals surface area contributed by atoms with Gasteiger partial charge in [-0.25, -0.2) is 0 Å². The Morgan fingerprint density at radius 3 is 2.53 bits per heavy atom. The van der Waals surface area contributed by atoms with E-state index in [4.69, 9.17) is 0 Å². The molecular weight excluding hydrogens is 204 g/mol. The van der Waals surface area contributed by atoms with Crippen LogP contribution in [0.4, 0.5) is 0 Å². The molecule has 1 aliphatic carbocycles. The van der Waals surface area contributed by atoms with Crippen molar-refractivity contribution in [1.29, 1.82) is 0 Å². The smallest absolute Gasteiger partial charge is 0.0153 e. The lowest BCUT2D eigenvalue weighted by atomic mass is 9.79. The summed E-state index contributed by atoms with van der Waals surface area (Å²) in [5, 5.41) is 0. The molecule has 0 aliphatic heterocycles. The summed E-state index contributed by atoms with van der Waals surface area (Å²) in [5.41, 5.74) is 4.88. The van der Waals surface area contributed by atoms with E-state index in [2.05, 4.69) is 44.2 Å². The van der Waals surface area contributed by atoms with E-state index in [1.54, 1.807) is 16.7 Å². The molecule has 2 rings (SSSR count). The Kier molecular flexibility index (Phi) is 4.42. The standard InChI is InChI=1S/C17H24/c1-3-7-15-8-5-6-9-17(15)16-12-10-14(4-2)11-13-16/h4-6,8-9,16H,3,7,10-13H2,1-2H3. The summed E-state index contributed by atoms with van der Waals surface area (Å²) in [6.07, 6.45) is 10.1. The molecule has 0 spiro atoms. The monoisotopic (exact) mass is 228 g/mol. The van der Waals surface area contributed by atoms with Crippen molar-refractivity contribution in [2.75, 3.05) is 0 Å². The first-order valence-electron chi connectivity index (χ1n) is 7.07. The fourth-order valence-corrected chi connectivity index (χ4v) is 3.02. The average Bonchev–Trinajstić information content (AvgIpc) is 2.40. The number of benzene rings is 1. The molecule has 0 nitrogen and oxygen atoms in total. The first-order valence-corrected chi connectivity index (χ1v) is 7.07. The molecule has 0 amide bonds. The molecule has 1 aromatic carbocycles. The van der Waals surface area contributed by atoms with Crippen LogP contribution in [0.2, 0.25) is 0 Å². The minimum absolute atomic E-state index is 0.807. The molecule has 0 aromatic heterocycles. The maximum absolute atomic E-state index is 2.36. The highest BCUT2D eigenvalue weighted by atomic mass is 14.2. The first-order chi connectivity index (χ1) is 8.35. The van der Waals surface area contributed by atoms with E-state index >= 15 is 0 Å². The molecular formula is C17H24. The highest BCUT2D eigenvalue weighted by molar-refractivity contribution is 5.31. The molecule has 0 saturated heterocycles. The highest BCUT2D eigenvalue weighted by Crippen LogP contribution is 2.36. The maximum Gasteiger partial charge on any atom is -0.0153 e. The summed E-state index contributed by atoms with van der Waals surface area (Å²) in [7, 11) is 0. The van der Waals surface area contributed by atoms with Gasteiger partial charge in [0.05, 0.1) is 0 Å². The Morgan fingerprint density at radius 2 is 1.88 bits per heavy atom. The molecule has 0 heterocycles. The summed E-state index contributed by atoms with van der Waals surface area (Å²) >= 11 is 0. The van der Waals surface area contributed by atoms with Crippen LogP contribution >= 0.6 is 0 Å². The Labute approximate surface area is 106 Å². The fraction of sp³-hybridized carbons (Fsp3) is 0.529. The van der Waals surface area contributed by atoms with Gasteiger partial charge in [0.25, 0.3) is 0 Å². The van der Waals surface area contributed by atoms with Crippen molar-refractivity contribution >= 4 is 0 Å². The second kappa shape index (κ2) is 6.05. The van der Waals surface area contributed by atoms with Gasteiger partial charge in [-0.1, -0.05) is 49.3 Å². The van der Waals surface area contributed by atoms with Gasteiger partial charge in [0, 0.05) is 0 Å². The Hall–Kier alpha value is -1.04. The van der Waals surface area contributed by atoms with Gasteiger partial charge in [0.15, 0.2) is 0 Å². The minimum atomic E-state index is 0.807. The SMILES string of the molecule is CC=C1CCC(c2ccccc2CCC)CC1. The molecule has 0 bridgehead atoms. The summed E-state index contributed by atoms with van der Waals surface area (Å²) in [6, 6.07) is 9.08. The van der Waals surface area contributed by atoms with Crippen LogP contribution in [0.5, 0.6) is 0 Å². The van der Waals surface area contributed by atoms with E-state index in [0.717, 1.165) is 5.92 Å². The van der Waals surface area contributed by atoms with E-state index in [1.807, 2.05) is 0 Å². The normalized spacial score (nSPS) is 20.4.